The van der Waals surface area contributed by atoms with Crippen molar-refractivity contribution in [2.45, 2.75) is 22.6 Å². The van der Waals surface area contributed by atoms with Gasteiger partial charge in [-0.1, -0.05) is 23.8 Å². The van der Waals surface area contributed by atoms with E-state index >= 15 is 0 Å². The average Bonchev–Trinajstić information content (AvgIpc) is 3.22. The summed E-state index contributed by atoms with van der Waals surface area (Å²) in [5, 5.41) is 12.6. The van der Waals surface area contributed by atoms with Gasteiger partial charge in [0.25, 0.3) is 11.8 Å². The Kier molecular flexibility index (Phi) is 5.64. The summed E-state index contributed by atoms with van der Waals surface area (Å²) in [4.78, 5) is 49.0. The van der Waals surface area contributed by atoms with Gasteiger partial charge in [0.05, 0.1) is 26.1 Å². The summed E-state index contributed by atoms with van der Waals surface area (Å²) < 4.78 is 10.4. The first-order valence-corrected chi connectivity index (χ1v) is 12.1. The molecule has 3 fully saturated rings. The smallest absolute Gasteiger partial charge is 0.253 e. The first-order chi connectivity index (χ1) is 17.0. The molecule has 0 radical (unpaired) electrons. The van der Waals surface area contributed by atoms with Gasteiger partial charge in [-0.25, -0.2) is 0 Å². The number of rotatable bonds is 4. The van der Waals surface area contributed by atoms with Gasteiger partial charge in [-0.15, -0.1) is 23.2 Å². The Bertz CT molecular complexity index is 1250. The Morgan fingerprint density at radius 1 is 1.06 bits per heavy atom. The Labute approximate surface area is 217 Å². The van der Waals surface area contributed by atoms with Crippen molar-refractivity contribution in [1.82, 2.24) is 10.2 Å². The normalized spacial score (nSPS) is 35.4. The summed E-state index contributed by atoms with van der Waals surface area (Å²) >= 11 is 14.0. The van der Waals surface area contributed by atoms with Crippen molar-refractivity contribution in [2.24, 2.45) is 23.7 Å². The van der Waals surface area contributed by atoms with Crippen LogP contribution in [0.25, 0.3) is 6.08 Å². The molecular formula is C25H24Cl2N2O7. The summed E-state index contributed by atoms with van der Waals surface area (Å²) in [5.41, 5.74) is 1.26. The maximum absolute atomic E-state index is 13.4. The number of ether oxygens (including phenoxy) is 2. The van der Waals surface area contributed by atoms with Gasteiger partial charge in [-0.2, -0.15) is 0 Å². The Balaban J connectivity index is 1.66. The first-order valence-electron chi connectivity index (χ1n) is 11.4. The van der Waals surface area contributed by atoms with E-state index in [9.17, 15) is 24.3 Å². The summed E-state index contributed by atoms with van der Waals surface area (Å²) in [6.45, 7) is 0. The summed E-state index contributed by atoms with van der Waals surface area (Å²) in [6, 6.07) is 3.15. The fourth-order valence-corrected chi connectivity index (χ4v) is 7.10. The zero-order chi connectivity index (χ0) is 26.2. The number of aromatic hydroxyl groups is 1. The van der Waals surface area contributed by atoms with Crippen LogP contribution >= 0.6 is 23.2 Å². The maximum atomic E-state index is 13.4. The average molecular weight is 535 g/mol. The van der Waals surface area contributed by atoms with Crippen molar-refractivity contribution in [3.63, 3.8) is 0 Å². The maximum Gasteiger partial charge on any atom is 0.253 e. The number of nitrogens with one attached hydrogen (secondary N) is 1. The van der Waals surface area contributed by atoms with Gasteiger partial charge in [0, 0.05) is 13.0 Å². The predicted octanol–water partition coefficient (Wildman–Crippen LogP) is 2.23. The molecule has 2 aliphatic heterocycles. The number of imide groups is 2. The Morgan fingerprint density at radius 3 is 2.31 bits per heavy atom. The SMILES string of the molecule is COc1cc(C=CC2C3=CCC4C(=O)NC(=O)C4C3CC3(Cl)C(=O)N(C)C(=O)C23Cl)cc(OC)c1O. The van der Waals surface area contributed by atoms with Gasteiger partial charge in [0.15, 0.2) is 21.2 Å². The molecule has 1 aromatic carbocycles. The molecule has 11 heteroatoms. The number of hydrogen-bond donors (Lipinski definition) is 2. The second kappa shape index (κ2) is 8.24. The number of phenols is 1. The van der Waals surface area contributed by atoms with Crippen molar-refractivity contribution in [1.29, 1.82) is 0 Å². The molecule has 0 aromatic heterocycles. The molecule has 5 rings (SSSR count). The van der Waals surface area contributed by atoms with Crippen LogP contribution in [-0.2, 0) is 19.2 Å². The van der Waals surface area contributed by atoms with Crippen molar-refractivity contribution in [2.75, 3.05) is 21.3 Å². The van der Waals surface area contributed by atoms with Crippen LogP contribution in [0.5, 0.6) is 17.2 Å². The van der Waals surface area contributed by atoms with Crippen molar-refractivity contribution in [3.8, 4) is 17.2 Å². The van der Waals surface area contributed by atoms with Gasteiger partial charge >= 0.3 is 0 Å². The molecule has 2 heterocycles. The molecule has 4 amide bonds. The van der Waals surface area contributed by atoms with Crippen LogP contribution in [0.2, 0.25) is 0 Å². The number of halogens is 2. The molecule has 2 N–H and O–H groups in total. The number of allylic oxidation sites excluding steroid dienone is 3. The van der Waals surface area contributed by atoms with Crippen molar-refractivity contribution < 1.29 is 33.8 Å². The fraction of sp³-hybridized carbons (Fsp3) is 0.440. The molecule has 2 aliphatic carbocycles. The number of carbonyl (C=O) groups excluding carboxylic acids is 4. The van der Waals surface area contributed by atoms with E-state index < -0.39 is 51.1 Å². The van der Waals surface area contributed by atoms with E-state index in [1.54, 1.807) is 24.3 Å². The van der Waals surface area contributed by atoms with Crippen LogP contribution in [-0.4, -0.2) is 64.7 Å². The monoisotopic (exact) mass is 534 g/mol. The predicted molar refractivity (Wildman–Crippen MR) is 130 cm³/mol. The number of amides is 4. The van der Waals surface area contributed by atoms with Gasteiger partial charge in [-0.3, -0.25) is 29.4 Å². The third kappa shape index (κ3) is 3.08. The van der Waals surface area contributed by atoms with E-state index in [0.717, 1.165) is 4.90 Å². The number of fused-ring (bicyclic) bond motifs is 4. The molecular weight excluding hydrogens is 511 g/mol. The molecule has 190 valence electrons. The third-order valence-corrected chi connectivity index (χ3v) is 9.33. The van der Waals surface area contributed by atoms with Crippen molar-refractivity contribution >= 4 is 52.9 Å². The van der Waals surface area contributed by atoms with Gasteiger partial charge in [0.2, 0.25) is 17.6 Å². The van der Waals surface area contributed by atoms with E-state index in [0.29, 0.717) is 17.6 Å². The summed E-state index contributed by atoms with van der Waals surface area (Å²) in [6.07, 6.45) is 5.44. The lowest BCUT2D eigenvalue weighted by molar-refractivity contribution is -0.138. The number of methoxy groups -OCH3 is 2. The van der Waals surface area contributed by atoms with E-state index in [-0.39, 0.29) is 29.6 Å². The quantitative estimate of drug-likeness (QED) is 0.345. The van der Waals surface area contributed by atoms with Gasteiger partial charge in [-0.05, 0) is 36.5 Å². The molecule has 2 saturated heterocycles. The molecule has 9 nitrogen and oxygen atoms in total. The Hall–Kier alpha value is -3.04. The summed E-state index contributed by atoms with van der Waals surface area (Å²) in [5.74, 6) is -4.52. The minimum Gasteiger partial charge on any atom is -0.502 e. The van der Waals surface area contributed by atoms with E-state index in [1.165, 1.54) is 21.3 Å². The van der Waals surface area contributed by atoms with Crippen LogP contribution in [0.3, 0.4) is 0 Å². The third-order valence-electron chi connectivity index (χ3n) is 7.90. The second-order valence-electron chi connectivity index (χ2n) is 9.53. The number of phenolic OH excluding ortho intramolecular Hbond substituents is 1. The molecule has 4 aliphatic rings. The Morgan fingerprint density at radius 2 is 1.69 bits per heavy atom. The molecule has 36 heavy (non-hydrogen) atoms. The highest BCUT2D eigenvalue weighted by Crippen LogP contribution is 2.62. The minimum absolute atomic E-state index is 0.0497. The molecule has 6 atom stereocenters. The lowest BCUT2D eigenvalue weighted by atomic mass is 9.57. The minimum atomic E-state index is -1.84. The van der Waals surface area contributed by atoms with E-state index in [1.807, 2.05) is 6.08 Å². The largest absolute Gasteiger partial charge is 0.502 e. The zero-order valence-electron chi connectivity index (χ0n) is 19.7. The van der Waals surface area contributed by atoms with Gasteiger partial charge < -0.3 is 14.6 Å². The standard InChI is InChI=1S/C25H24Cl2N2O7/c1-29-22(33)24(26)10-14-12(5-6-13-18(14)21(32)28-20(13)31)15(25(24,27)23(29)34)7-4-11-8-16(35-2)19(30)17(9-11)36-3/h4-5,7-9,13-15,18,30H,6,10H2,1-3H3,(H,28,31,32). The topological polar surface area (TPSA) is 122 Å². The van der Waals surface area contributed by atoms with Crippen LogP contribution in [0.15, 0.2) is 29.9 Å². The second-order valence-corrected chi connectivity index (χ2v) is 10.8. The zero-order valence-corrected chi connectivity index (χ0v) is 21.2. The lowest BCUT2D eigenvalue weighted by Crippen LogP contribution is -2.60. The lowest BCUT2D eigenvalue weighted by Gasteiger charge is -2.49. The van der Waals surface area contributed by atoms with Crippen LogP contribution < -0.4 is 14.8 Å². The number of likely N-dealkylation sites (tertiary alicyclic amines) is 1. The van der Waals surface area contributed by atoms with Crippen LogP contribution in [0.4, 0.5) is 0 Å². The fourth-order valence-electron chi connectivity index (χ4n) is 6.12. The highest BCUT2D eigenvalue weighted by atomic mass is 35.5. The highest BCUT2D eigenvalue weighted by molar-refractivity contribution is 6.53. The van der Waals surface area contributed by atoms with E-state index in [2.05, 4.69) is 5.32 Å². The number of benzene rings is 1. The first kappa shape index (κ1) is 24.6. The van der Waals surface area contributed by atoms with Crippen LogP contribution in [0.1, 0.15) is 18.4 Å². The van der Waals surface area contributed by atoms with Crippen LogP contribution in [0, 0.1) is 23.7 Å². The van der Waals surface area contributed by atoms with Crippen molar-refractivity contribution in [3.05, 3.63) is 35.4 Å². The summed E-state index contributed by atoms with van der Waals surface area (Å²) in [7, 11) is 4.14. The van der Waals surface area contributed by atoms with Gasteiger partial charge in [0.1, 0.15) is 0 Å². The number of hydrogen-bond acceptors (Lipinski definition) is 7. The highest BCUT2D eigenvalue weighted by Gasteiger charge is 2.74. The molecule has 1 saturated carbocycles. The number of alkyl halides is 2. The molecule has 1 aromatic rings. The number of carbonyl (C=O) groups is 4. The molecule has 0 spiro atoms. The number of nitrogens with zero attached hydrogens (tertiary/aromatic N) is 1. The molecule has 6 unspecified atom stereocenters. The molecule has 0 bridgehead atoms. The van der Waals surface area contributed by atoms with E-state index in [4.69, 9.17) is 32.7 Å².